The molecule has 0 atom stereocenters. The molecule has 2 N–H and O–H groups in total. The van der Waals surface area contributed by atoms with Crippen molar-refractivity contribution in [3.63, 3.8) is 0 Å². The molecule has 0 bridgehead atoms. The zero-order chi connectivity index (χ0) is 14.1. The van der Waals surface area contributed by atoms with Crippen LogP contribution in [0.3, 0.4) is 0 Å². The number of rotatable bonds is 6. The number of hydrogen-bond donors (Lipinski definition) is 2. The van der Waals surface area contributed by atoms with E-state index in [1.165, 1.54) is 6.07 Å². The number of benzene rings is 1. The number of aryl methyl sites for hydroxylation is 1. The molecule has 6 heteroatoms. The van der Waals surface area contributed by atoms with Crippen LogP contribution in [0.4, 0.5) is 4.39 Å². The molecule has 0 heterocycles. The van der Waals surface area contributed by atoms with E-state index in [2.05, 4.69) is 15.6 Å². The summed E-state index contributed by atoms with van der Waals surface area (Å²) in [5, 5.41) is 6.31. The van der Waals surface area contributed by atoms with Gasteiger partial charge in [-0.3, -0.25) is 4.99 Å². The van der Waals surface area contributed by atoms with Gasteiger partial charge in [0.25, 0.3) is 0 Å². The van der Waals surface area contributed by atoms with Crippen LogP contribution in [0.5, 0.6) is 0 Å². The molecule has 0 aliphatic heterocycles. The highest BCUT2D eigenvalue weighted by molar-refractivity contribution is 14.0. The first-order valence-corrected chi connectivity index (χ1v) is 6.44. The summed E-state index contributed by atoms with van der Waals surface area (Å²) in [7, 11) is 1.71. The molecule has 114 valence electrons. The summed E-state index contributed by atoms with van der Waals surface area (Å²) in [6.07, 6.45) is 0. The number of aliphatic imine (C=N–C) groups is 1. The van der Waals surface area contributed by atoms with E-state index in [0.29, 0.717) is 37.8 Å². The van der Waals surface area contributed by atoms with Crippen molar-refractivity contribution in [3.05, 3.63) is 35.1 Å². The molecule has 0 fully saturated rings. The van der Waals surface area contributed by atoms with Gasteiger partial charge in [0.2, 0.25) is 0 Å². The van der Waals surface area contributed by atoms with E-state index in [0.717, 1.165) is 5.56 Å². The van der Waals surface area contributed by atoms with Crippen LogP contribution < -0.4 is 10.6 Å². The van der Waals surface area contributed by atoms with Crippen molar-refractivity contribution in [1.29, 1.82) is 0 Å². The lowest BCUT2D eigenvalue weighted by Gasteiger charge is -2.12. The van der Waals surface area contributed by atoms with Crippen LogP contribution in [-0.2, 0) is 11.3 Å². The Kier molecular flexibility index (Phi) is 10.4. The van der Waals surface area contributed by atoms with Crippen molar-refractivity contribution in [1.82, 2.24) is 10.6 Å². The summed E-state index contributed by atoms with van der Waals surface area (Å²) in [5.41, 5.74) is 1.67. The number of guanidine groups is 1. The van der Waals surface area contributed by atoms with Gasteiger partial charge in [-0.2, -0.15) is 0 Å². The minimum absolute atomic E-state index is 0. The molecule has 0 saturated heterocycles. The quantitative estimate of drug-likeness (QED) is 0.337. The van der Waals surface area contributed by atoms with Gasteiger partial charge in [-0.1, -0.05) is 12.1 Å². The molecule has 0 aliphatic rings. The summed E-state index contributed by atoms with van der Waals surface area (Å²) in [5.74, 6) is 0.532. The summed E-state index contributed by atoms with van der Waals surface area (Å²) < 4.78 is 18.4. The van der Waals surface area contributed by atoms with Crippen LogP contribution in [0, 0.1) is 12.7 Å². The molecule has 0 amide bonds. The van der Waals surface area contributed by atoms with Crippen molar-refractivity contribution < 1.29 is 9.13 Å². The number of ether oxygens (including phenoxy) is 1. The van der Waals surface area contributed by atoms with E-state index in [-0.39, 0.29) is 29.8 Å². The van der Waals surface area contributed by atoms with E-state index in [4.69, 9.17) is 4.74 Å². The van der Waals surface area contributed by atoms with Crippen LogP contribution in [0.25, 0.3) is 0 Å². The Morgan fingerprint density at radius 2 is 2.10 bits per heavy atom. The zero-order valence-electron chi connectivity index (χ0n) is 12.2. The van der Waals surface area contributed by atoms with Gasteiger partial charge in [-0.25, -0.2) is 4.39 Å². The number of nitrogens with zero attached hydrogens (tertiary/aromatic N) is 1. The third-order valence-corrected chi connectivity index (χ3v) is 2.65. The maximum absolute atomic E-state index is 13.1. The molecule has 4 nitrogen and oxygen atoms in total. The number of hydrogen-bond acceptors (Lipinski definition) is 2. The lowest BCUT2D eigenvalue weighted by atomic mass is 10.1. The number of halogens is 2. The van der Waals surface area contributed by atoms with Crippen molar-refractivity contribution in [2.24, 2.45) is 4.99 Å². The second-order valence-electron chi connectivity index (χ2n) is 4.13. The highest BCUT2D eigenvalue weighted by atomic mass is 127. The highest BCUT2D eigenvalue weighted by Gasteiger charge is 2.01. The molecule has 20 heavy (non-hydrogen) atoms. The third-order valence-electron chi connectivity index (χ3n) is 2.65. The van der Waals surface area contributed by atoms with E-state index in [1.807, 2.05) is 13.0 Å². The van der Waals surface area contributed by atoms with Gasteiger partial charge >= 0.3 is 0 Å². The smallest absolute Gasteiger partial charge is 0.191 e. The van der Waals surface area contributed by atoms with Gasteiger partial charge in [0.1, 0.15) is 5.82 Å². The Balaban J connectivity index is 0.00000361. The van der Waals surface area contributed by atoms with Crippen molar-refractivity contribution >= 4 is 29.9 Å². The zero-order valence-corrected chi connectivity index (χ0v) is 14.5. The summed E-state index contributed by atoms with van der Waals surface area (Å²) in [6, 6.07) is 5.08. The van der Waals surface area contributed by atoms with Gasteiger partial charge in [0, 0.05) is 26.7 Å². The van der Waals surface area contributed by atoms with Gasteiger partial charge in [0.15, 0.2) is 5.96 Å². The molecule has 1 aromatic carbocycles. The Morgan fingerprint density at radius 3 is 2.70 bits per heavy atom. The van der Waals surface area contributed by atoms with Crippen molar-refractivity contribution in [2.45, 2.75) is 20.4 Å². The average molecular weight is 395 g/mol. The molecular formula is C14H23FIN3O. The summed E-state index contributed by atoms with van der Waals surface area (Å²) in [4.78, 5) is 4.11. The van der Waals surface area contributed by atoms with Crippen LogP contribution in [0.15, 0.2) is 23.2 Å². The SMILES string of the molecule is CCOCCNC(=NC)NCc1ccc(F)c(C)c1.I. The van der Waals surface area contributed by atoms with Gasteiger partial charge in [-0.15, -0.1) is 24.0 Å². The second-order valence-corrected chi connectivity index (χ2v) is 4.13. The van der Waals surface area contributed by atoms with E-state index >= 15 is 0 Å². The molecule has 0 aromatic heterocycles. The Labute approximate surface area is 137 Å². The van der Waals surface area contributed by atoms with Crippen LogP contribution >= 0.6 is 24.0 Å². The predicted octanol–water partition coefficient (Wildman–Crippen LogP) is 2.45. The molecule has 0 unspecified atom stereocenters. The van der Waals surface area contributed by atoms with Crippen molar-refractivity contribution in [2.75, 3.05) is 26.8 Å². The van der Waals surface area contributed by atoms with E-state index in [9.17, 15) is 4.39 Å². The first kappa shape index (κ1) is 19.1. The first-order valence-electron chi connectivity index (χ1n) is 6.44. The van der Waals surface area contributed by atoms with Gasteiger partial charge < -0.3 is 15.4 Å². The fourth-order valence-electron chi connectivity index (χ4n) is 1.61. The first-order chi connectivity index (χ1) is 9.17. The minimum atomic E-state index is -0.178. The van der Waals surface area contributed by atoms with Crippen LogP contribution in [0.2, 0.25) is 0 Å². The molecule has 0 saturated carbocycles. The Morgan fingerprint density at radius 1 is 1.35 bits per heavy atom. The maximum atomic E-state index is 13.1. The lowest BCUT2D eigenvalue weighted by Crippen LogP contribution is -2.38. The van der Waals surface area contributed by atoms with Crippen LogP contribution in [-0.4, -0.2) is 32.8 Å². The van der Waals surface area contributed by atoms with Crippen molar-refractivity contribution in [3.8, 4) is 0 Å². The monoisotopic (exact) mass is 395 g/mol. The van der Waals surface area contributed by atoms with Gasteiger partial charge in [-0.05, 0) is 31.0 Å². The Hall–Kier alpha value is -0.890. The van der Waals surface area contributed by atoms with E-state index < -0.39 is 0 Å². The molecular weight excluding hydrogens is 372 g/mol. The fourth-order valence-corrected chi connectivity index (χ4v) is 1.61. The summed E-state index contributed by atoms with van der Waals surface area (Å²) in [6.45, 7) is 6.39. The molecule has 1 rings (SSSR count). The largest absolute Gasteiger partial charge is 0.380 e. The number of nitrogens with one attached hydrogen (secondary N) is 2. The molecule has 0 radical (unpaired) electrons. The normalized spacial score (nSPS) is 10.9. The van der Waals surface area contributed by atoms with Gasteiger partial charge in [0.05, 0.1) is 6.61 Å². The standard InChI is InChI=1S/C14H22FN3O.HI/c1-4-19-8-7-17-14(16-3)18-10-12-5-6-13(15)11(2)9-12;/h5-6,9H,4,7-8,10H2,1-3H3,(H2,16,17,18);1H. The lowest BCUT2D eigenvalue weighted by molar-refractivity contribution is 0.152. The van der Waals surface area contributed by atoms with E-state index in [1.54, 1.807) is 20.0 Å². The minimum Gasteiger partial charge on any atom is -0.380 e. The Bertz CT molecular complexity index is 427. The molecule has 1 aromatic rings. The predicted molar refractivity (Wildman–Crippen MR) is 91.2 cm³/mol. The second kappa shape index (κ2) is 10.8. The third kappa shape index (κ3) is 7.04. The summed E-state index contributed by atoms with van der Waals surface area (Å²) >= 11 is 0. The maximum Gasteiger partial charge on any atom is 0.191 e. The average Bonchev–Trinajstić information content (AvgIpc) is 2.42. The molecule has 0 spiro atoms. The van der Waals surface area contributed by atoms with Crippen LogP contribution in [0.1, 0.15) is 18.1 Å². The molecule has 0 aliphatic carbocycles. The fraction of sp³-hybridized carbons (Fsp3) is 0.500. The topological polar surface area (TPSA) is 45.6 Å². The highest BCUT2D eigenvalue weighted by Crippen LogP contribution is 2.08.